The Bertz CT molecular complexity index is 144. The minimum atomic E-state index is 0.0910. The number of hydrogen-bond acceptors (Lipinski definition) is 1. The quantitative estimate of drug-likeness (QED) is 0.645. The molecule has 1 aliphatic carbocycles. The van der Waals surface area contributed by atoms with E-state index in [4.69, 9.17) is 5.26 Å². The minimum Gasteiger partial charge on any atom is -0.198 e. The first-order valence-electron chi connectivity index (χ1n) is 3.80. The molecule has 0 amide bonds. The summed E-state index contributed by atoms with van der Waals surface area (Å²) in [5, 5.41) is 9.84. The second-order valence-electron chi connectivity index (χ2n) is 3.04. The smallest absolute Gasteiger partial charge is 0.0689 e. The van der Waals surface area contributed by atoms with E-state index in [1.165, 1.54) is 6.42 Å². The van der Waals surface area contributed by atoms with E-state index in [1.807, 2.05) is 0 Å². The first-order chi connectivity index (χ1) is 4.83. The standard InChI is InChI=1S/C8H12BrN/c9-6-2-5-8(7-10)3-1-4-8/h1-6H2. The zero-order chi connectivity index (χ0) is 7.45. The lowest BCUT2D eigenvalue weighted by Crippen LogP contribution is -2.27. The second-order valence-corrected chi connectivity index (χ2v) is 3.83. The largest absolute Gasteiger partial charge is 0.198 e. The fraction of sp³-hybridized carbons (Fsp3) is 0.875. The van der Waals surface area contributed by atoms with Gasteiger partial charge < -0.3 is 0 Å². The molecule has 0 aliphatic heterocycles. The van der Waals surface area contributed by atoms with Crippen molar-refractivity contribution in [2.45, 2.75) is 32.1 Å². The lowest BCUT2D eigenvalue weighted by molar-refractivity contribution is 0.197. The summed E-state index contributed by atoms with van der Waals surface area (Å²) in [6.07, 6.45) is 5.77. The third-order valence-electron chi connectivity index (χ3n) is 2.34. The van der Waals surface area contributed by atoms with Gasteiger partial charge in [0, 0.05) is 5.33 Å². The van der Waals surface area contributed by atoms with Crippen molar-refractivity contribution in [3.05, 3.63) is 0 Å². The summed E-state index contributed by atoms with van der Waals surface area (Å²) >= 11 is 3.38. The monoisotopic (exact) mass is 201 g/mol. The molecule has 10 heavy (non-hydrogen) atoms. The van der Waals surface area contributed by atoms with Crippen molar-refractivity contribution in [2.24, 2.45) is 5.41 Å². The van der Waals surface area contributed by atoms with Gasteiger partial charge in [0.1, 0.15) is 0 Å². The van der Waals surface area contributed by atoms with Crippen LogP contribution in [-0.4, -0.2) is 5.33 Å². The van der Waals surface area contributed by atoms with Gasteiger partial charge in [-0.1, -0.05) is 22.4 Å². The Balaban J connectivity index is 2.29. The molecular formula is C8H12BrN. The number of hydrogen-bond donors (Lipinski definition) is 0. The Morgan fingerprint density at radius 2 is 2.20 bits per heavy atom. The molecule has 1 saturated carbocycles. The van der Waals surface area contributed by atoms with Crippen molar-refractivity contribution < 1.29 is 0 Å². The zero-order valence-electron chi connectivity index (χ0n) is 6.07. The van der Waals surface area contributed by atoms with E-state index in [1.54, 1.807) is 0 Å². The Kier molecular flexibility index (Phi) is 2.73. The highest BCUT2D eigenvalue weighted by Gasteiger charge is 2.35. The van der Waals surface area contributed by atoms with Crippen LogP contribution in [-0.2, 0) is 0 Å². The van der Waals surface area contributed by atoms with Crippen LogP contribution in [0, 0.1) is 16.7 Å². The van der Waals surface area contributed by atoms with Crippen LogP contribution in [0.2, 0.25) is 0 Å². The number of alkyl halides is 1. The van der Waals surface area contributed by atoms with Crippen molar-refractivity contribution in [2.75, 3.05) is 5.33 Å². The van der Waals surface area contributed by atoms with E-state index in [9.17, 15) is 0 Å². The molecule has 0 saturated heterocycles. The Hall–Kier alpha value is -0.0300. The Morgan fingerprint density at radius 3 is 2.50 bits per heavy atom. The maximum absolute atomic E-state index is 8.80. The van der Waals surface area contributed by atoms with Crippen LogP contribution in [0.1, 0.15) is 32.1 Å². The zero-order valence-corrected chi connectivity index (χ0v) is 7.65. The normalized spacial score (nSPS) is 21.2. The molecule has 1 rings (SSSR count). The molecule has 0 N–H and O–H groups in total. The summed E-state index contributed by atoms with van der Waals surface area (Å²) in [4.78, 5) is 0. The topological polar surface area (TPSA) is 23.8 Å². The summed E-state index contributed by atoms with van der Waals surface area (Å²) in [6, 6.07) is 2.43. The molecule has 1 nitrogen and oxygen atoms in total. The van der Waals surface area contributed by atoms with Crippen molar-refractivity contribution in [1.82, 2.24) is 0 Å². The predicted octanol–water partition coefficient (Wildman–Crippen LogP) is 2.86. The lowest BCUT2D eigenvalue weighted by Gasteiger charge is -2.34. The highest BCUT2D eigenvalue weighted by atomic mass is 79.9. The van der Waals surface area contributed by atoms with Gasteiger partial charge in [-0.3, -0.25) is 0 Å². The van der Waals surface area contributed by atoms with Crippen molar-refractivity contribution in [1.29, 1.82) is 5.26 Å². The average Bonchev–Trinajstić information content (AvgIpc) is 1.87. The molecular weight excluding hydrogens is 190 g/mol. The minimum absolute atomic E-state index is 0.0910. The number of halogens is 1. The molecule has 1 aliphatic rings. The number of nitrogens with zero attached hydrogens (tertiary/aromatic N) is 1. The van der Waals surface area contributed by atoms with Gasteiger partial charge in [0.25, 0.3) is 0 Å². The average molecular weight is 202 g/mol. The molecule has 0 spiro atoms. The number of rotatable bonds is 3. The maximum atomic E-state index is 8.80. The van der Waals surface area contributed by atoms with Crippen LogP contribution < -0.4 is 0 Å². The van der Waals surface area contributed by atoms with Gasteiger partial charge in [0.05, 0.1) is 11.5 Å². The van der Waals surface area contributed by atoms with Gasteiger partial charge in [0.2, 0.25) is 0 Å². The molecule has 0 aromatic heterocycles. The third kappa shape index (κ3) is 1.52. The van der Waals surface area contributed by atoms with E-state index in [2.05, 4.69) is 22.0 Å². The van der Waals surface area contributed by atoms with Gasteiger partial charge in [-0.2, -0.15) is 5.26 Å². The van der Waals surface area contributed by atoms with Crippen LogP contribution in [0.15, 0.2) is 0 Å². The molecule has 0 unspecified atom stereocenters. The first kappa shape index (κ1) is 8.07. The van der Waals surface area contributed by atoms with Gasteiger partial charge in [-0.25, -0.2) is 0 Å². The van der Waals surface area contributed by atoms with Crippen LogP contribution >= 0.6 is 15.9 Å². The molecule has 0 heterocycles. The maximum Gasteiger partial charge on any atom is 0.0689 e. The fourth-order valence-corrected chi connectivity index (χ4v) is 1.71. The molecule has 0 bridgehead atoms. The Morgan fingerprint density at radius 1 is 1.50 bits per heavy atom. The van der Waals surface area contributed by atoms with Crippen LogP contribution in [0.4, 0.5) is 0 Å². The van der Waals surface area contributed by atoms with E-state index in [0.717, 1.165) is 31.0 Å². The predicted molar refractivity (Wildman–Crippen MR) is 44.9 cm³/mol. The summed E-state index contributed by atoms with van der Waals surface area (Å²) in [6.45, 7) is 0. The van der Waals surface area contributed by atoms with Crippen molar-refractivity contribution >= 4 is 15.9 Å². The molecule has 0 radical (unpaired) electrons. The summed E-state index contributed by atoms with van der Waals surface area (Å²) in [5.41, 5.74) is 0.0910. The second kappa shape index (κ2) is 3.39. The lowest BCUT2D eigenvalue weighted by atomic mass is 9.67. The summed E-state index contributed by atoms with van der Waals surface area (Å²) in [7, 11) is 0. The van der Waals surface area contributed by atoms with Gasteiger partial charge in [-0.15, -0.1) is 0 Å². The molecule has 0 aromatic rings. The molecule has 1 fully saturated rings. The Labute approximate surface area is 70.5 Å². The van der Waals surface area contributed by atoms with Gasteiger partial charge >= 0.3 is 0 Å². The van der Waals surface area contributed by atoms with Crippen molar-refractivity contribution in [3.63, 3.8) is 0 Å². The van der Waals surface area contributed by atoms with Crippen LogP contribution in [0.3, 0.4) is 0 Å². The fourth-order valence-electron chi connectivity index (χ4n) is 1.43. The molecule has 0 atom stereocenters. The van der Waals surface area contributed by atoms with E-state index in [-0.39, 0.29) is 5.41 Å². The van der Waals surface area contributed by atoms with Crippen LogP contribution in [0.25, 0.3) is 0 Å². The van der Waals surface area contributed by atoms with E-state index >= 15 is 0 Å². The third-order valence-corrected chi connectivity index (χ3v) is 2.90. The van der Waals surface area contributed by atoms with E-state index < -0.39 is 0 Å². The first-order valence-corrected chi connectivity index (χ1v) is 4.92. The SMILES string of the molecule is N#CC1(CCCBr)CCC1. The highest BCUT2D eigenvalue weighted by molar-refractivity contribution is 9.09. The summed E-state index contributed by atoms with van der Waals surface area (Å²) in [5.74, 6) is 0. The van der Waals surface area contributed by atoms with Gasteiger partial charge in [0.15, 0.2) is 0 Å². The van der Waals surface area contributed by atoms with Crippen molar-refractivity contribution in [3.8, 4) is 6.07 Å². The molecule has 56 valence electrons. The van der Waals surface area contributed by atoms with Gasteiger partial charge in [-0.05, 0) is 25.7 Å². The summed E-state index contributed by atoms with van der Waals surface area (Å²) < 4.78 is 0. The van der Waals surface area contributed by atoms with E-state index in [0.29, 0.717) is 0 Å². The molecule has 2 heteroatoms. The molecule has 0 aromatic carbocycles. The van der Waals surface area contributed by atoms with Crippen LogP contribution in [0.5, 0.6) is 0 Å². The highest BCUT2D eigenvalue weighted by Crippen LogP contribution is 2.44. The number of nitriles is 1.